The number of aliphatic hydroxyl groups excluding tert-OH is 21. The number of aldehydes is 1. The second kappa shape index (κ2) is 33.7. The van der Waals surface area contributed by atoms with Crippen molar-refractivity contribution < 1.29 is 193 Å². The summed E-state index contributed by atoms with van der Waals surface area (Å²) >= 11 is 0. The molecule has 0 amide bonds. The molecule has 8 aliphatic heterocycles. The minimum absolute atomic E-state index is 0.0546. The van der Waals surface area contributed by atoms with E-state index in [1.165, 1.54) is 13.8 Å². The lowest BCUT2D eigenvalue weighted by Gasteiger charge is -2.71. The number of esters is 1. The predicted molar refractivity (Wildman–Crippen MR) is 368 cm³/mol. The molecule has 8 saturated heterocycles. The Morgan fingerprint density at radius 3 is 1.59 bits per heavy atom. The Morgan fingerprint density at radius 1 is 0.442 bits per heavy atom. The molecule has 0 aromatic carbocycles. The molecular weight excluding hydrogens is 1510 g/mol. The Morgan fingerprint density at radius 2 is 0.956 bits per heavy atom. The Bertz CT molecular complexity index is 3270. The van der Waals surface area contributed by atoms with E-state index in [4.69, 9.17) is 75.8 Å². The van der Waals surface area contributed by atoms with E-state index in [2.05, 4.69) is 40.7 Å². The molecule has 13 rings (SSSR count). The SMILES string of the molecule is C[C@@H]1O[C@@H](O[C@H]2[C@H](OC(=O)[C@]34CCC(C)(C)C[C@H]3C3=CCC5[C@@]6(C)CC[C@H](O[C@@H]7O[C@H](CO)[C@@H](O)[C@H](O[C@@H]8OC[C@@H](O)[C@H](O)[C@H]8O)[C@H]7O[C@@H]7O[C@H](CO)[C@H](O)[C@H](O)[C@H]7O)[C@@](C)(C=O)[C@@H]6CC[C@@]5(C)[C@]3(C)C[C@H]4O)O[C@H](C)[C@H](O)[C@@H]2O)[C@H](O)[C@H](O)[C@H]1O[C@@H]1OC[C@@H](O)[C@H](O[C@@H]2OC[C@H](O[C@@H]3OC[C@H](O)[C@H](O)[C@H]3O)[C@H](O)[C@H]2O)[C@H]1O. The van der Waals surface area contributed by atoms with Gasteiger partial charge in [-0.05, 0) is 111 Å². The molecule has 5 aliphatic carbocycles. The fourth-order valence-corrected chi connectivity index (χ4v) is 21.2. The standard InChI is InChI=1S/C74H118O39/c1-26-40(82)47(89)58(111-64-53(95)48(90)55(27(2)103-64)108-63-54(96)56(32(80)23-100-63)109-62-51(93)44(86)35(24-101-62)106-60-49(91)41(83)30(78)21-98-60)66(102-26)113-68(97)74-16-15-69(3,4)17-29(74)28-9-10-37-70(5)13-12-39(71(6,25-77)36(70)11-14-72(37,7)73(28,8)18-38(74)81)107-67-59(112-65-52(94)46(88)43(85)33(19-75)104-65)57(45(87)34(20-76)105-67)110-61-50(92)42(84)31(79)22-99-61/h9,25-27,29-67,75-76,78-96H,10-24H2,1-8H3/t26-,27+,29+,30+,31-,32-,33-,34-,35+,36-,37?,38-,39+,40+,41+,42+,43+,44+,45-,46+,47+,48+,49-,50-,51-,52-,53-,54-,55+,56+,57+,58-,59-,60+,61+,62+,63+,64+,65+,66+,67+,70+,71+,72-,73-,74-/m1/s1. The van der Waals surface area contributed by atoms with Crippen LogP contribution in [0.1, 0.15) is 113 Å². The highest BCUT2D eigenvalue weighted by Crippen LogP contribution is 2.76. The van der Waals surface area contributed by atoms with Crippen molar-refractivity contribution in [3.63, 3.8) is 0 Å². The highest BCUT2D eigenvalue weighted by Gasteiger charge is 2.73. The summed E-state index contributed by atoms with van der Waals surface area (Å²) in [6, 6.07) is 0. The summed E-state index contributed by atoms with van der Waals surface area (Å²) in [4.78, 5) is 30.1. The maximum atomic E-state index is 15.8. The third kappa shape index (κ3) is 15.5. The predicted octanol–water partition coefficient (Wildman–Crippen LogP) is -7.98. The number of carbonyl (C=O) groups excluding carboxylic acids is 2. The average molecular weight is 1630 g/mol. The molecule has 13 aliphatic rings. The van der Waals surface area contributed by atoms with Gasteiger partial charge >= 0.3 is 5.97 Å². The van der Waals surface area contributed by atoms with Gasteiger partial charge in [-0.1, -0.05) is 53.2 Å². The lowest BCUT2D eigenvalue weighted by atomic mass is 9.33. The first-order chi connectivity index (χ1) is 53.1. The van der Waals surface area contributed by atoms with Crippen LogP contribution in [-0.4, -0.2) is 393 Å². The van der Waals surface area contributed by atoms with Crippen LogP contribution in [0.2, 0.25) is 0 Å². The number of carbonyl (C=O) groups is 2. The van der Waals surface area contributed by atoms with Crippen molar-refractivity contribution in [2.45, 2.75) is 347 Å². The van der Waals surface area contributed by atoms with Crippen LogP contribution < -0.4 is 0 Å². The molecule has 8 heterocycles. The Labute approximate surface area is 650 Å². The van der Waals surface area contributed by atoms with E-state index in [1.807, 2.05) is 0 Å². The third-order valence-electron chi connectivity index (χ3n) is 28.2. The number of hydrogen-bond acceptors (Lipinski definition) is 39. The summed E-state index contributed by atoms with van der Waals surface area (Å²) in [6.45, 7) is 11.4. The van der Waals surface area contributed by atoms with Gasteiger partial charge in [0.25, 0.3) is 0 Å². The summed E-state index contributed by atoms with van der Waals surface area (Å²) < 4.78 is 95.6. The summed E-state index contributed by atoms with van der Waals surface area (Å²) in [5.74, 6) is -2.20. The van der Waals surface area contributed by atoms with Crippen molar-refractivity contribution in [1.29, 1.82) is 0 Å². The van der Waals surface area contributed by atoms with Gasteiger partial charge in [-0.25, -0.2) is 0 Å². The quantitative estimate of drug-likeness (QED) is 0.0247. The molecule has 46 atom stereocenters. The van der Waals surface area contributed by atoms with Crippen molar-refractivity contribution in [2.75, 3.05) is 39.6 Å². The van der Waals surface area contributed by atoms with Gasteiger partial charge < -0.3 is 188 Å². The first-order valence-electron chi connectivity index (χ1n) is 39.3. The van der Waals surface area contributed by atoms with Gasteiger partial charge in [-0.2, -0.15) is 0 Å². The van der Waals surface area contributed by atoms with Gasteiger partial charge in [-0.15, -0.1) is 0 Å². The van der Waals surface area contributed by atoms with E-state index < -0.39 is 323 Å². The number of hydrogen-bond donors (Lipinski definition) is 21. The van der Waals surface area contributed by atoms with Gasteiger partial charge in [-0.3, -0.25) is 4.79 Å². The average Bonchev–Trinajstić information content (AvgIpc) is 0.669. The van der Waals surface area contributed by atoms with Gasteiger partial charge in [0.15, 0.2) is 50.1 Å². The van der Waals surface area contributed by atoms with Crippen molar-refractivity contribution in [2.24, 2.45) is 50.2 Å². The lowest BCUT2D eigenvalue weighted by molar-refractivity contribution is -0.395. The Hall–Kier alpha value is -2.56. The van der Waals surface area contributed by atoms with E-state index in [-0.39, 0.29) is 25.2 Å². The number of allylic oxidation sites excluding steroid dienone is 2. The monoisotopic (exact) mass is 1630 g/mol. The normalized spacial score (nSPS) is 55.5. The summed E-state index contributed by atoms with van der Waals surface area (Å²) in [6.07, 6.45) is -58.7. The van der Waals surface area contributed by atoms with Crippen LogP contribution in [0.5, 0.6) is 0 Å². The molecular formula is C74H118O39. The zero-order valence-corrected chi connectivity index (χ0v) is 64.2. The van der Waals surface area contributed by atoms with Crippen LogP contribution >= 0.6 is 0 Å². The summed E-state index contributed by atoms with van der Waals surface area (Å²) in [5.41, 5.74) is -4.62. The highest BCUT2D eigenvalue weighted by molar-refractivity contribution is 5.80. The zero-order valence-electron chi connectivity index (χ0n) is 64.2. The fourth-order valence-electron chi connectivity index (χ4n) is 21.2. The van der Waals surface area contributed by atoms with Crippen LogP contribution in [0.25, 0.3) is 0 Å². The van der Waals surface area contributed by atoms with Gasteiger partial charge in [0, 0.05) is 0 Å². The van der Waals surface area contributed by atoms with Crippen molar-refractivity contribution in [1.82, 2.24) is 0 Å². The molecule has 0 bridgehead atoms. The number of aliphatic hydroxyl groups is 21. The maximum Gasteiger partial charge on any atom is 0.317 e. The van der Waals surface area contributed by atoms with Crippen LogP contribution in [-0.2, 0) is 85.4 Å². The van der Waals surface area contributed by atoms with Crippen molar-refractivity contribution in [3.8, 4) is 0 Å². The van der Waals surface area contributed by atoms with Gasteiger partial charge in [0.2, 0.25) is 6.29 Å². The van der Waals surface area contributed by atoms with Gasteiger partial charge in [0.05, 0.1) is 69.5 Å². The first-order valence-corrected chi connectivity index (χ1v) is 39.3. The molecule has 0 aromatic heterocycles. The molecule has 39 heteroatoms. The van der Waals surface area contributed by atoms with E-state index in [1.54, 1.807) is 6.92 Å². The second-order valence-electron chi connectivity index (χ2n) is 35.4. The van der Waals surface area contributed by atoms with E-state index in [0.29, 0.717) is 38.5 Å². The van der Waals surface area contributed by atoms with Crippen LogP contribution in [0.4, 0.5) is 0 Å². The molecule has 648 valence electrons. The minimum Gasteiger partial charge on any atom is -0.432 e. The zero-order chi connectivity index (χ0) is 82.2. The van der Waals surface area contributed by atoms with Crippen LogP contribution in [0, 0.1) is 50.2 Å². The lowest BCUT2D eigenvalue weighted by Crippen LogP contribution is -2.69. The third-order valence-corrected chi connectivity index (χ3v) is 28.2. The van der Waals surface area contributed by atoms with Crippen molar-refractivity contribution in [3.05, 3.63) is 11.6 Å². The molecule has 0 aromatic rings. The maximum absolute atomic E-state index is 15.8. The largest absolute Gasteiger partial charge is 0.432 e. The highest BCUT2D eigenvalue weighted by atomic mass is 16.8. The molecule has 39 nitrogen and oxygen atoms in total. The van der Waals surface area contributed by atoms with Crippen LogP contribution in [0.3, 0.4) is 0 Å². The minimum atomic E-state index is -2.07. The molecule has 1 unspecified atom stereocenters. The molecule has 113 heavy (non-hydrogen) atoms. The fraction of sp³-hybridized carbons (Fsp3) is 0.946. The number of ether oxygens (including phenoxy) is 16. The molecule has 0 spiro atoms. The number of rotatable bonds is 19. The van der Waals surface area contributed by atoms with Crippen molar-refractivity contribution >= 4 is 12.3 Å². The van der Waals surface area contributed by atoms with E-state index >= 15 is 4.79 Å². The topological polar surface area (TPSA) is 607 Å². The summed E-state index contributed by atoms with van der Waals surface area (Å²) in [7, 11) is 0. The van der Waals surface area contributed by atoms with Crippen LogP contribution in [0.15, 0.2) is 11.6 Å². The summed E-state index contributed by atoms with van der Waals surface area (Å²) in [5, 5.41) is 232. The van der Waals surface area contributed by atoms with Gasteiger partial charge in [0.1, 0.15) is 164 Å². The molecule has 12 fully saturated rings. The smallest absolute Gasteiger partial charge is 0.317 e. The molecule has 4 saturated carbocycles. The Kier molecular flexibility index (Phi) is 26.3. The first kappa shape index (κ1) is 88.2. The molecule has 21 N–H and O–H groups in total. The van der Waals surface area contributed by atoms with E-state index in [0.717, 1.165) is 11.9 Å². The molecule has 0 radical (unpaired) electrons. The van der Waals surface area contributed by atoms with E-state index in [9.17, 15) is 112 Å². The number of fused-ring (bicyclic) bond motifs is 7. The second-order valence-corrected chi connectivity index (χ2v) is 35.4. The Balaban J connectivity index is 0.701.